The normalized spacial score (nSPS) is 15.0. The standard InChI is InChI=1S/C18H20ClFN2O/c1-18(22,11-23)10-15(21)8-12-2-4-13(5-3-12)16-9-14(19)6-7-17(16)20/h2-7,9,11,15H,8,10,21-22H2,1H3/t15-,18?/m1/s1. The van der Waals surface area contributed by atoms with E-state index in [-0.39, 0.29) is 11.9 Å². The van der Waals surface area contributed by atoms with Crippen molar-refractivity contribution >= 4 is 17.9 Å². The fourth-order valence-corrected chi connectivity index (χ4v) is 2.70. The predicted octanol–water partition coefficient (Wildman–Crippen LogP) is 3.32. The Bertz CT molecular complexity index is 686. The van der Waals surface area contributed by atoms with E-state index in [1.807, 2.05) is 24.3 Å². The van der Waals surface area contributed by atoms with Crippen LogP contribution in [0.1, 0.15) is 18.9 Å². The monoisotopic (exact) mass is 334 g/mol. The van der Waals surface area contributed by atoms with E-state index in [0.717, 1.165) is 17.4 Å². The molecule has 0 aliphatic carbocycles. The second kappa shape index (κ2) is 7.21. The third kappa shape index (κ3) is 4.86. The van der Waals surface area contributed by atoms with Gasteiger partial charge in [0.15, 0.2) is 0 Å². The molecule has 0 fully saturated rings. The first kappa shape index (κ1) is 17.6. The van der Waals surface area contributed by atoms with Gasteiger partial charge in [-0.25, -0.2) is 4.39 Å². The molecule has 0 heterocycles. The molecule has 0 bridgehead atoms. The molecule has 2 atom stereocenters. The maximum absolute atomic E-state index is 13.9. The molecule has 0 aliphatic heterocycles. The molecule has 3 nitrogen and oxygen atoms in total. The summed E-state index contributed by atoms with van der Waals surface area (Å²) in [6.45, 7) is 1.66. The highest BCUT2D eigenvalue weighted by molar-refractivity contribution is 6.30. The first-order valence-corrected chi connectivity index (χ1v) is 7.74. The molecule has 5 heteroatoms. The zero-order chi connectivity index (χ0) is 17.0. The van der Waals surface area contributed by atoms with Crippen molar-refractivity contribution in [2.75, 3.05) is 0 Å². The molecule has 0 spiro atoms. The number of nitrogens with two attached hydrogens (primary N) is 2. The summed E-state index contributed by atoms with van der Waals surface area (Å²) in [6.07, 6.45) is 1.72. The third-order valence-corrected chi connectivity index (χ3v) is 3.90. The van der Waals surface area contributed by atoms with Gasteiger partial charge in [0.05, 0.1) is 5.54 Å². The number of rotatable bonds is 6. The molecule has 0 aromatic heterocycles. The van der Waals surface area contributed by atoms with E-state index in [0.29, 0.717) is 23.4 Å². The lowest BCUT2D eigenvalue weighted by molar-refractivity contribution is -0.112. The summed E-state index contributed by atoms with van der Waals surface area (Å²) in [5, 5.41) is 0.489. The van der Waals surface area contributed by atoms with Gasteiger partial charge < -0.3 is 16.3 Å². The van der Waals surface area contributed by atoms with Crippen molar-refractivity contribution in [3.63, 3.8) is 0 Å². The van der Waals surface area contributed by atoms with Gasteiger partial charge in [-0.2, -0.15) is 0 Å². The van der Waals surface area contributed by atoms with Crippen LogP contribution in [0.3, 0.4) is 0 Å². The van der Waals surface area contributed by atoms with E-state index in [2.05, 4.69) is 0 Å². The molecule has 0 amide bonds. The summed E-state index contributed by atoms with van der Waals surface area (Å²) >= 11 is 5.92. The van der Waals surface area contributed by atoms with E-state index in [4.69, 9.17) is 23.1 Å². The van der Waals surface area contributed by atoms with Crippen LogP contribution in [0.15, 0.2) is 42.5 Å². The van der Waals surface area contributed by atoms with Gasteiger partial charge in [-0.05, 0) is 49.1 Å². The molecule has 4 N–H and O–H groups in total. The summed E-state index contributed by atoms with van der Waals surface area (Å²) in [7, 11) is 0. The largest absolute Gasteiger partial charge is 0.327 e. The van der Waals surface area contributed by atoms with E-state index in [1.165, 1.54) is 12.1 Å². The Kier molecular flexibility index (Phi) is 5.52. The Labute approximate surface area is 140 Å². The van der Waals surface area contributed by atoms with Gasteiger partial charge in [0.1, 0.15) is 12.1 Å². The molecule has 122 valence electrons. The minimum Gasteiger partial charge on any atom is -0.327 e. The summed E-state index contributed by atoms with van der Waals surface area (Å²) in [4.78, 5) is 10.8. The van der Waals surface area contributed by atoms with Crippen molar-refractivity contribution in [3.8, 4) is 11.1 Å². The Balaban J connectivity index is 2.11. The van der Waals surface area contributed by atoms with E-state index in [1.54, 1.807) is 13.0 Å². The molecule has 0 saturated carbocycles. The van der Waals surface area contributed by atoms with Crippen molar-refractivity contribution < 1.29 is 9.18 Å². The fraction of sp³-hybridized carbons (Fsp3) is 0.278. The van der Waals surface area contributed by atoms with Gasteiger partial charge >= 0.3 is 0 Å². The maximum atomic E-state index is 13.9. The molecule has 2 aromatic rings. The second-order valence-corrected chi connectivity index (χ2v) is 6.55. The lowest BCUT2D eigenvalue weighted by Crippen LogP contribution is -2.44. The molecule has 0 radical (unpaired) electrons. The molecule has 1 unspecified atom stereocenters. The highest BCUT2D eigenvalue weighted by Crippen LogP contribution is 2.26. The van der Waals surface area contributed by atoms with E-state index < -0.39 is 5.54 Å². The molecule has 0 aliphatic rings. The summed E-state index contributed by atoms with van der Waals surface area (Å²) in [6, 6.07) is 11.7. The summed E-state index contributed by atoms with van der Waals surface area (Å²) < 4.78 is 13.9. The Morgan fingerprint density at radius 2 is 1.91 bits per heavy atom. The smallest absolute Gasteiger partial charge is 0.139 e. The van der Waals surface area contributed by atoms with Crippen LogP contribution in [0.4, 0.5) is 4.39 Å². The van der Waals surface area contributed by atoms with Gasteiger partial charge in [0.2, 0.25) is 0 Å². The van der Waals surface area contributed by atoms with Crippen LogP contribution < -0.4 is 11.5 Å². The van der Waals surface area contributed by atoms with Crippen LogP contribution in [0, 0.1) is 5.82 Å². The number of carbonyl (C=O) groups excluding carboxylic acids is 1. The van der Waals surface area contributed by atoms with Crippen molar-refractivity contribution in [1.82, 2.24) is 0 Å². The van der Waals surface area contributed by atoms with Gasteiger partial charge in [-0.15, -0.1) is 0 Å². The van der Waals surface area contributed by atoms with Crippen LogP contribution in [0.2, 0.25) is 5.02 Å². The Hall–Kier alpha value is -1.75. The topological polar surface area (TPSA) is 69.1 Å². The zero-order valence-corrected chi connectivity index (χ0v) is 13.7. The SMILES string of the molecule is CC(N)(C=O)C[C@H](N)Cc1ccc(-c2cc(Cl)ccc2F)cc1. The molecule has 2 rings (SSSR count). The zero-order valence-electron chi connectivity index (χ0n) is 12.9. The highest BCUT2D eigenvalue weighted by atomic mass is 35.5. The van der Waals surface area contributed by atoms with Crippen molar-refractivity contribution in [2.45, 2.75) is 31.3 Å². The first-order chi connectivity index (χ1) is 10.8. The van der Waals surface area contributed by atoms with Crippen LogP contribution in [0.5, 0.6) is 0 Å². The van der Waals surface area contributed by atoms with Crippen LogP contribution >= 0.6 is 11.6 Å². The minimum atomic E-state index is -0.913. The van der Waals surface area contributed by atoms with Gasteiger partial charge in [-0.3, -0.25) is 0 Å². The fourth-order valence-electron chi connectivity index (χ4n) is 2.53. The lowest BCUT2D eigenvalue weighted by atomic mass is 9.92. The van der Waals surface area contributed by atoms with Crippen molar-refractivity contribution in [2.24, 2.45) is 11.5 Å². The number of hydrogen-bond acceptors (Lipinski definition) is 3. The number of halogens is 2. The number of carbonyl (C=O) groups is 1. The van der Waals surface area contributed by atoms with E-state index in [9.17, 15) is 9.18 Å². The quantitative estimate of drug-likeness (QED) is 0.796. The molecule has 2 aromatic carbocycles. The first-order valence-electron chi connectivity index (χ1n) is 7.36. The lowest BCUT2D eigenvalue weighted by Gasteiger charge is -2.21. The summed E-state index contributed by atoms with van der Waals surface area (Å²) in [5.74, 6) is -0.316. The number of aldehydes is 1. The Morgan fingerprint density at radius 3 is 2.52 bits per heavy atom. The van der Waals surface area contributed by atoms with Crippen molar-refractivity contribution in [3.05, 3.63) is 58.9 Å². The van der Waals surface area contributed by atoms with Crippen LogP contribution in [-0.2, 0) is 11.2 Å². The molecule has 23 heavy (non-hydrogen) atoms. The maximum Gasteiger partial charge on any atom is 0.139 e. The summed E-state index contributed by atoms with van der Waals surface area (Å²) in [5.41, 5.74) is 13.1. The second-order valence-electron chi connectivity index (χ2n) is 6.11. The van der Waals surface area contributed by atoms with E-state index >= 15 is 0 Å². The average molecular weight is 335 g/mol. The van der Waals surface area contributed by atoms with Crippen molar-refractivity contribution in [1.29, 1.82) is 0 Å². The average Bonchev–Trinajstić information content (AvgIpc) is 2.50. The van der Waals surface area contributed by atoms with Crippen LogP contribution in [0.25, 0.3) is 11.1 Å². The third-order valence-electron chi connectivity index (χ3n) is 3.66. The molecule has 0 saturated heterocycles. The predicted molar refractivity (Wildman–Crippen MR) is 91.8 cm³/mol. The van der Waals surface area contributed by atoms with Crippen LogP contribution in [-0.4, -0.2) is 17.9 Å². The number of benzene rings is 2. The molecular formula is C18H20ClFN2O. The van der Waals surface area contributed by atoms with Gasteiger partial charge in [0, 0.05) is 16.6 Å². The van der Waals surface area contributed by atoms with Gasteiger partial charge in [-0.1, -0.05) is 35.9 Å². The highest BCUT2D eigenvalue weighted by Gasteiger charge is 2.21. The number of hydrogen-bond donors (Lipinski definition) is 2. The molecular weight excluding hydrogens is 315 g/mol. The van der Waals surface area contributed by atoms with Gasteiger partial charge in [0.25, 0.3) is 0 Å². The Morgan fingerprint density at radius 1 is 1.26 bits per heavy atom. The minimum absolute atomic E-state index is 0.219.